The quantitative estimate of drug-likeness (QED) is 0.480. The number of hydrogen-bond acceptors (Lipinski definition) is 4. The van der Waals surface area contributed by atoms with Crippen LogP contribution in [0.5, 0.6) is 0 Å². The molecule has 0 saturated heterocycles. The van der Waals surface area contributed by atoms with Crippen molar-refractivity contribution in [2.45, 2.75) is 51.0 Å². The smallest absolute Gasteiger partial charge is 0.407 e. The number of alkyl carbamates (subject to hydrolysis) is 1. The van der Waals surface area contributed by atoms with Gasteiger partial charge in [0.1, 0.15) is 9.93 Å². The summed E-state index contributed by atoms with van der Waals surface area (Å²) in [6.45, 7) is 9.50. The molecule has 0 aromatic heterocycles. The van der Waals surface area contributed by atoms with E-state index in [2.05, 4.69) is 21.2 Å². The van der Waals surface area contributed by atoms with Crippen LogP contribution in [0.3, 0.4) is 0 Å². The minimum Gasteiger partial charge on any atom is -0.465 e. The van der Waals surface area contributed by atoms with Crippen LogP contribution in [0.4, 0.5) is 4.79 Å². The Labute approximate surface area is 117 Å². The SMILES string of the molecule is CC(C)(C)OC(=O)NCCCOC(=O)C(C)(C)Br. The summed E-state index contributed by atoms with van der Waals surface area (Å²) < 4.78 is 9.39. The fourth-order valence-corrected chi connectivity index (χ4v) is 1.03. The van der Waals surface area contributed by atoms with Crippen LogP contribution in [-0.4, -0.2) is 35.1 Å². The number of nitrogens with one attached hydrogen (secondary N) is 1. The molecule has 0 heterocycles. The largest absolute Gasteiger partial charge is 0.465 e. The van der Waals surface area contributed by atoms with E-state index in [-0.39, 0.29) is 12.6 Å². The lowest BCUT2D eigenvalue weighted by molar-refractivity contribution is -0.145. The van der Waals surface area contributed by atoms with E-state index >= 15 is 0 Å². The van der Waals surface area contributed by atoms with Crippen LogP contribution in [0, 0.1) is 0 Å². The highest BCUT2D eigenvalue weighted by Crippen LogP contribution is 2.17. The number of ether oxygens (including phenoxy) is 2. The maximum atomic E-state index is 11.4. The number of carbonyl (C=O) groups is 2. The Kier molecular flexibility index (Phi) is 6.67. The number of halogens is 1. The van der Waals surface area contributed by atoms with Gasteiger partial charge in [0.05, 0.1) is 6.61 Å². The second-order valence-corrected chi connectivity index (χ2v) is 7.37. The molecule has 0 bridgehead atoms. The molecule has 0 aromatic rings. The van der Waals surface area contributed by atoms with Crippen molar-refractivity contribution in [1.29, 1.82) is 0 Å². The second kappa shape index (κ2) is 6.97. The second-order valence-electron chi connectivity index (χ2n) is 5.39. The first-order chi connectivity index (χ1) is 8.02. The third kappa shape index (κ3) is 9.27. The molecule has 0 aliphatic heterocycles. The van der Waals surface area contributed by atoms with Gasteiger partial charge in [-0.25, -0.2) is 4.79 Å². The lowest BCUT2D eigenvalue weighted by Crippen LogP contribution is -2.33. The van der Waals surface area contributed by atoms with E-state index in [1.165, 1.54) is 0 Å². The molecule has 18 heavy (non-hydrogen) atoms. The number of rotatable bonds is 5. The van der Waals surface area contributed by atoms with Crippen molar-refractivity contribution >= 4 is 28.0 Å². The van der Waals surface area contributed by atoms with Crippen molar-refractivity contribution in [1.82, 2.24) is 5.32 Å². The van der Waals surface area contributed by atoms with E-state index in [4.69, 9.17) is 9.47 Å². The zero-order valence-electron chi connectivity index (χ0n) is 11.6. The molecular weight excluding hydrogens is 302 g/mol. The van der Waals surface area contributed by atoms with Gasteiger partial charge in [0.2, 0.25) is 0 Å². The van der Waals surface area contributed by atoms with Crippen LogP contribution in [0.25, 0.3) is 0 Å². The molecule has 0 rings (SSSR count). The highest BCUT2D eigenvalue weighted by atomic mass is 79.9. The predicted molar refractivity (Wildman–Crippen MR) is 72.8 cm³/mol. The molecule has 0 aromatic carbocycles. The summed E-state index contributed by atoms with van der Waals surface area (Å²) in [7, 11) is 0. The molecule has 0 spiro atoms. The average Bonchev–Trinajstić information content (AvgIpc) is 2.12. The molecule has 0 atom stereocenters. The summed E-state index contributed by atoms with van der Waals surface area (Å²) in [5.41, 5.74) is -0.503. The average molecular weight is 324 g/mol. The number of amides is 1. The van der Waals surface area contributed by atoms with Crippen LogP contribution in [0.2, 0.25) is 0 Å². The molecule has 0 aliphatic carbocycles. The highest BCUT2D eigenvalue weighted by molar-refractivity contribution is 9.10. The molecule has 0 fully saturated rings. The Balaban J connectivity index is 3.64. The van der Waals surface area contributed by atoms with Crippen LogP contribution in [-0.2, 0) is 14.3 Å². The fraction of sp³-hybridized carbons (Fsp3) is 0.833. The molecule has 0 saturated carbocycles. The zero-order chi connectivity index (χ0) is 14.4. The standard InChI is InChI=1S/C12H22BrNO4/c1-11(2,3)18-10(16)14-7-6-8-17-9(15)12(4,5)13/h6-8H2,1-5H3,(H,14,16). The summed E-state index contributed by atoms with van der Waals surface area (Å²) >= 11 is 3.21. The van der Waals surface area contributed by atoms with Gasteiger partial charge in [0.25, 0.3) is 0 Å². The number of esters is 1. The third-order valence-electron chi connectivity index (χ3n) is 1.71. The third-order valence-corrected chi connectivity index (χ3v) is 2.03. The van der Waals surface area contributed by atoms with Crippen molar-refractivity contribution in [3.05, 3.63) is 0 Å². The Morgan fingerprint density at radius 3 is 2.17 bits per heavy atom. The molecule has 0 aliphatic rings. The van der Waals surface area contributed by atoms with Crippen molar-refractivity contribution in [2.75, 3.05) is 13.2 Å². The van der Waals surface area contributed by atoms with E-state index in [9.17, 15) is 9.59 Å². The fourth-order valence-electron chi connectivity index (χ4n) is 0.913. The molecule has 1 amide bonds. The lowest BCUT2D eigenvalue weighted by Gasteiger charge is -2.19. The van der Waals surface area contributed by atoms with Gasteiger partial charge in [0.15, 0.2) is 0 Å². The van der Waals surface area contributed by atoms with Crippen LogP contribution >= 0.6 is 15.9 Å². The summed E-state index contributed by atoms with van der Waals surface area (Å²) in [6, 6.07) is 0. The molecule has 0 radical (unpaired) electrons. The van der Waals surface area contributed by atoms with Gasteiger partial charge in [-0.2, -0.15) is 0 Å². The first-order valence-corrected chi connectivity index (χ1v) is 6.64. The van der Waals surface area contributed by atoms with Crippen LogP contribution in [0.15, 0.2) is 0 Å². The summed E-state index contributed by atoms with van der Waals surface area (Å²) in [6.07, 6.45) is 0.0864. The number of alkyl halides is 1. The van der Waals surface area contributed by atoms with Crippen molar-refractivity contribution in [3.63, 3.8) is 0 Å². The molecule has 5 nitrogen and oxygen atoms in total. The van der Waals surface area contributed by atoms with E-state index in [0.717, 1.165) is 0 Å². The van der Waals surface area contributed by atoms with Gasteiger partial charge in [0, 0.05) is 6.54 Å². The number of carbonyl (C=O) groups excluding carboxylic acids is 2. The van der Waals surface area contributed by atoms with E-state index in [1.807, 2.05) is 0 Å². The minimum absolute atomic E-state index is 0.268. The Hall–Kier alpha value is -0.780. The van der Waals surface area contributed by atoms with Crippen molar-refractivity contribution in [2.24, 2.45) is 0 Å². The van der Waals surface area contributed by atoms with Gasteiger partial charge >= 0.3 is 12.1 Å². The summed E-state index contributed by atoms with van der Waals surface area (Å²) in [5.74, 6) is -0.320. The van der Waals surface area contributed by atoms with Gasteiger partial charge in [-0.3, -0.25) is 4.79 Å². The monoisotopic (exact) mass is 323 g/mol. The van der Waals surface area contributed by atoms with Gasteiger partial charge in [-0.05, 0) is 41.0 Å². The Bertz CT molecular complexity index is 291. The van der Waals surface area contributed by atoms with Crippen molar-refractivity contribution in [3.8, 4) is 0 Å². The van der Waals surface area contributed by atoms with Gasteiger partial charge in [-0.15, -0.1) is 0 Å². The number of hydrogen-bond donors (Lipinski definition) is 1. The van der Waals surface area contributed by atoms with E-state index < -0.39 is 16.0 Å². The van der Waals surface area contributed by atoms with E-state index in [1.54, 1.807) is 34.6 Å². The van der Waals surface area contributed by atoms with Gasteiger partial charge in [-0.1, -0.05) is 15.9 Å². The maximum absolute atomic E-state index is 11.4. The first kappa shape index (κ1) is 17.2. The van der Waals surface area contributed by atoms with E-state index in [0.29, 0.717) is 13.0 Å². The Morgan fingerprint density at radius 2 is 1.72 bits per heavy atom. The van der Waals surface area contributed by atoms with Crippen LogP contribution in [0.1, 0.15) is 41.0 Å². The molecule has 106 valence electrons. The zero-order valence-corrected chi connectivity index (χ0v) is 13.2. The molecule has 1 N–H and O–H groups in total. The maximum Gasteiger partial charge on any atom is 0.407 e. The first-order valence-electron chi connectivity index (χ1n) is 5.85. The van der Waals surface area contributed by atoms with Gasteiger partial charge < -0.3 is 14.8 Å². The van der Waals surface area contributed by atoms with Crippen molar-refractivity contribution < 1.29 is 19.1 Å². The Morgan fingerprint density at radius 1 is 1.17 bits per heavy atom. The topological polar surface area (TPSA) is 64.6 Å². The minimum atomic E-state index is -0.675. The molecular formula is C12H22BrNO4. The molecule has 0 unspecified atom stereocenters. The summed E-state index contributed by atoms with van der Waals surface area (Å²) in [4.78, 5) is 22.6. The normalized spacial score (nSPS) is 11.9. The summed E-state index contributed by atoms with van der Waals surface area (Å²) in [5, 5.41) is 2.59. The predicted octanol–water partition coefficient (Wildman–Crippen LogP) is 2.62. The molecule has 6 heteroatoms. The lowest BCUT2D eigenvalue weighted by atomic mass is 10.2. The highest BCUT2D eigenvalue weighted by Gasteiger charge is 2.25. The van der Waals surface area contributed by atoms with Crippen LogP contribution < -0.4 is 5.32 Å².